The minimum Gasteiger partial charge on any atom is -0.321 e. The van der Waals surface area contributed by atoms with E-state index in [0.29, 0.717) is 27.9 Å². The molecule has 0 bridgehead atoms. The van der Waals surface area contributed by atoms with Crippen molar-refractivity contribution in [3.8, 4) is 11.3 Å². The number of para-hydroxylation sites is 1. The second-order valence-electron chi connectivity index (χ2n) is 5.43. The number of halogens is 1. The van der Waals surface area contributed by atoms with E-state index in [1.54, 1.807) is 28.8 Å². The van der Waals surface area contributed by atoms with Crippen LogP contribution in [0.15, 0.2) is 73.1 Å². The van der Waals surface area contributed by atoms with Crippen molar-refractivity contribution in [2.45, 2.75) is 0 Å². The molecule has 0 unspecified atom stereocenters. The van der Waals surface area contributed by atoms with E-state index < -0.39 is 0 Å². The number of nitrogens with one attached hydrogen (secondary N) is 1. The van der Waals surface area contributed by atoms with Gasteiger partial charge in [-0.05, 0) is 30.3 Å². The SMILES string of the molecule is O=C(Nc1ccccc1)c1nc2ncccn2c1-c1ccc(Cl)cc1. The fraction of sp³-hybridized carbons (Fsp3) is 0. The van der Waals surface area contributed by atoms with Crippen molar-refractivity contribution in [1.82, 2.24) is 14.4 Å². The standard InChI is InChI=1S/C19H13ClN4O/c20-14-9-7-13(8-10-14)17-16(23-19-21-11-4-12-24(17)19)18(25)22-15-5-2-1-3-6-15/h1-12H,(H,22,25). The molecule has 0 radical (unpaired) electrons. The van der Waals surface area contributed by atoms with Gasteiger partial charge in [0.25, 0.3) is 5.91 Å². The van der Waals surface area contributed by atoms with E-state index in [1.165, 1.54) is 0 Å². The van der Waals surface area contributed by atoms with Crippen LogP contribution in [0, 0.1) is 0 Å². The van der Waals surface area contributed by atoms with Crippen molar-refractivity contribution < 1.29 is 4.79 Å². The summed E-state index contributed by atoms with van der Waals surface area (Å²) in [4.78, 5) is 21.5. The maximum absolute atomic E-state index is 12.8. The van der Waals surface area contributed by atoms with Gasteiger partial charge in [0.15, 0.2) is 5.69 Å². The zero-order chi connectivity index (χ0) is 17.2. The minimum absolute atomic E-state index is 0.290. The molecule has 0 aliphatic rings. The Balaban J connectivity index is 1.84. The number of hydrogen-bond acceptors (Lipinski definition) is 3. The number of carbonyl (C=O) groups excluding carboxylic acids is 1. The van der Waals surface area contributed by atoms with Crippen LogP contribution < -0.4 is 5.32 Å². The highest BCUT2D eigenvalue weighted by molar-refractivity contribution is 6.30. The lowest BCUT2D eigenvalue weighted by molar-refractivity contribution is 0.102. The predicted molar refractivity (Wildman–Crippen MR) is 97.8 cm³/mol. The number of amides is 1. The Morgan fingerprint density at radius 1 is 1.00 bits per heavy atom. The van der Waals surface area contributed by atoms with Gasteiger partial charge in [-0.25, -0.2) is 9.97 Å². The number of aromatic nitrogens is 3. The molecule has 5 nitrogen and oxygen atoms in total. The van der Waals surface area contributed by atoms with Crippen LogP contribution in [0.5, 0.6) is 0 Å². The number of carbonyl (C=O) groups is 1. The van der Waals surface area contributed by atoms with E-state index in [2.05, 4.69) is 15.3 Å². The van der Waals surface area contributed by atoms with Gasteiger partial charge >= 0.3 is 0 Å². The average Bonchev–Trinajstić information content (AvgIpc) is 3.03. The summed E-state index contributed by atoms with van der Waals surface area (Å²) in [5.74, 6) is 0.173. The van der Waals surface area contributed by atoms with E-state index in [4.69, 9.17) is 11.6 Å². The van der Waals surface area contributed by atoms with Crippen LogP contribution in [0.2, 0.25) is 5.02 Å². The second kappa shape index (κ2) is 6.37. The van der Waals surface area contributed by atoms with Crippen LogP contribution in [-0.4, -0.2) is 20.3 Å². The Bertz CT molecular complexity index is 1040. The molecule has 0 spiro atoms. The Labute approximate surface area is 148 Å². The summed E-state index contributed by atoms with van der Waals surface area (Å²) < 4.78 is 1.79. The van der Waals surface area contributed by atoms with Crippen molar-refractivity contribution in [1.29, 1.82) is 0 Å². The molecule has 1 N–H and O–H groups in total. The molecular formula is C19H13ClN4O. The second-order valence-corrected chi connectivity index (χ2v) is 5.86. The summed E-state index contributed by atoms with van der Waals surface area (Å²) in [5, 5.41) is 3.50. The lowest BCUT2D eigenvalue weighted by Gasteiger charge is -2.07. The highest BCUT2D eigenvalue weighted by atomic mass is 35.5. The Hall–Kier alpha value is -3.18. The number of rotatable bonds is 3. The number of benzene rings is 2. The van der Waals surface area contributed by atoms with Gasteiger partial charge in [-0.1, -0.05) is 41.9 Å². The molecular weight excluding hydrogens is 336 g/mol. The first kappa shape index (κ1) is 15.4. The van der Waals surface area contributed by atoms with Crippen molar-refractivity contribution in [3.05, 3.63) is 83.8 Å². The third kappa shape index (κ3) is 2.97. The van der Waals surface area contributed by atoms with Crippen molar-refractivity contribution >= 4 is 29.0 Å². The zero-order valence-electron chi connectivity index (χ0n) is 13.1. The summed E-state index contributed by atoms with van der Waals surface area (Å²) in [6.07, 6.45) is 3.48. The third-order valence-corrected chi connectivity index (χ3v) is 4.02. The molecule has 0 aliphatic heterocycles. The van der Waals surface area contributed by atoms with Crippen LogP contribution in [0.4, 0.5) is 5.69 Å². The summed E-state index contributed by atoms with van der Waals surface area (Å²) in [5.41, 5.74) is 2.53. The smallest absolute Gasteiger partial charge is 0.276 e. The molecule has 4 aromatic rings. The fourth-order valence-corrected chi connectivity index (χ4v) is 2.77. The maximum atomic E-state index is 12.8. The van der Waals surface area contributed by atoms with E-state index in [1.807, 2.05) is 48.7 Å². The van der Waals surface area contributed by atoms with Crippen LogP contribution in [0.25, 0.3) is 17.0 Å². The molecule has 4 rings (SSSR count). The topological polar surface area (TPSA) is 59.3 Å². The monoisotopic (exact) mass is 348 g/mol. The molecule has 6 heteroatoms. The van der Waals surface area contributed by atoms with E-state index >= 15 is 0 Å². The van der Waals surface area contributed by atoms with Gasteiger partial charge in [0.1, 0.15) is 0 Å². The zero-order valence-corrected chi connectivity index (χ0v) is 13.8. The molecule has 1 amide bonds. The van der Waals surface area contributed by atoms with Crippen molar-refractivity contribution in [2.24, 2.45) is 0 Å². The Morgan fingerprint density at radius 3 is 2.52 bits per heavy atom. The van der Waals surface area contributed by atoms with Gasteiger partial charge in [0, 0.05) is 28.7 Å². The first-order chi connectivity index (χ1) is 12.2. The van der Waals surface area contributed by atoms with Gasteiger partial charge in [-0.3, -0.25) is 9.20 Å². The number of fused-ring (bicyclic) bond motifs is 1. The summed E-state index contributed by atoms with van der Waals surface area (Å²) in [6, 6.07) is 18.4. The van der Waals surface area contributed by atoms with Gasteiger partial charge in [-0.15, -0.1) is 0 Å². The first-order valence-corrected chi connectivity index (χ1v) is 8.05. The van der Waals surface area contributed by atoms with Crippen molar-refractivity contribution in [3.63, 3.8) is 0 Å². The minimum atomic E-state index is -0.290. The fourth-order valence-electron chi connectivity index (χ4n) is 2.64. The molecule has 122 valence electrons. The summed E-state index contributed by atoms with van der Waals surface area (Å²) >= 11 is 5.99. The Kier molecular flexibility index (Phi) is 3.91. The molecule has 0 fully saturated rings. The molecule has 0 saturated carbocycles. The van der Waals surface area contributed by atoms with E-state index in [9.17, 15) is 4.79 Å². The van der Waals surface area contributed by atoms with Crippen molar-refractivity contribution in [2.75, 3.05) is 5.32 Å². The molecule has 25 heavy (non-hydrogen) atoms. The number of anilines is 1. The number of hydrogen-bond donors (Lipinski definition) is 1. The highest BCUT2D eigenvalue weighted by Gasteiger charge is 2.21. The van der Waals surface area contributed by atoms with Gasteiger partial charge in [0.05, 0.1) is 5.69 Å². The third-order valence-electron chi connectivity index (χ3n) is 3.77. The average molecular weight is 349 g/mol. The molecule has 0 aliphatic carbocycles. The van der Waals surface area contributed by atoms with Crippen LogP contribution in [0.1, 0.15) is 10.5 Å². The Morgan fingerprint density at radius 2 is 1.76 bits per heavy atom. The van der Waals surface area contributed by atoms with Gasteiger partial charge < -0.3 is 5.32 Å². The van der Waals surface area contributed by atoms with Crippen LogP contribution in [0.3, 0.4) is 0 Å². The normalized spacial score (nSPS) is 10.8. The molecule has 2 aromatic heterocycles. The van der Waals surface area contributed by atoms with Crippen LogP contribution in [-0.2, 0) is 0 Å². The maximum Gasteiger partial charge on any atom is 0.276 e. The van der Waals surface area contributed by atoms with E-state index in [-0.39, 0.29) is 5.91 Å². The van der Waals surface area contributed by atoms with Gasteiger partial charge in [0.2, 0.25) is 5.78 Å². The highest BCUT2D eigenvalue weighted by Crippen LogP contribution is 2.26. The van der Waals surface area contributed by atoms with Gasteiger partial charge in [-0.2, -0.15) is 0 Å². The van der Waals surface area contributed by atoms with E-state index in [0.717, 1.165) is 5.56 Å². The quantitative estimate of drug-likeness (QED) is 0.600. The summed E-state index contributed by atoms with van der Waals surface area (Å²) in [6.45, 7) is 0. The molecule has 0 atom stereocenters. The lowest BCUT2D eigenvalue weighted by atomic mass is 10.1. The molecule has 2 aromatic carbocycles. The predicted octanol–water partition coefficient (Wildman–Crippen LogP) is 4.30. The lowest BCUT2D eigenvalue weighted by Crippen LogP contribution is -2.13. The van der Waals surface area contributed by atoms with Crippen LogP contribution >= 0.6 is 11.6 Å². The first-order valence-electron chi connectivity index (χ1n) is 7.68. The largest absolute Gasteiger partial charge is 0.321 e. The summed E-state index contributed by atoms with van der Waals surface area (Å²) in [7, 11) is 0. The number of nitrogens with zero attached hydrogens (tertiary/aromatic N) is 3. The number of imidazole rings is 1. The molecule has 2 heterocycles. The molecule has 0 saturated heterocycles.